The molecular formula is C15H16ClNO4. The van der Waals surface area contributed by atoms with Gasteiger partial charge in [0.1, 0.15) is 5.75 Å². The molecule has 1 N–H and O–H groups in total. The molecule has 1 aromatic carbocycles. The van der Waals surface area contributed by atoms with Crippen molar-refractivity contribution in [2.24, 2.45) is 0 Å². The summed E-state index contributed by atoms with van der Waals surface area (Å²) >= 11 is 5.79. The Morgan fingerprint density at radius 3 is 2.57 bits per heavy atom. The molecule has 0 spiro atoms. The van der Waals surface area contributed by atoms with E-state index in [0.717, 1.165) is 5.75 Å². The Balaban J connectivity index is 1.71. The van der Waals surface area contributed by atoms with Crippen molar-refractivity contribution in [3.8, 4) is 11.5 Å². The Kier molecular flexibility index (Phi) is 5.51. The maximum Gasteiger partial charge on any atom is 0.358 e. The van der Waals surface area contributed by atoms with Crippen LogP contribution < -0.4 is 9.47 Å². The molecule has 0 aliphatic rings. The number of benzene rings is 1. The molecule has 0 bridgehead atoms. The molecule has 0 radical (unpaired) electrons. The summed E-state index contributed by atoms with van der Waals surface area (Å²) in [5.41, 5.74) is 0.316. The first-order valence-electron chi connectivity index (χ1n) is 6.47. The van der Waals surface area contributed by atoms with E-state index in [2.05, 4.69) is 9.72 Å². The average molecular weight is 310 g/mol. The minimum absolute atomic E-state index is 0.316. The lowest BCUT2D eigenvalue weighted by Crippen LogP contribution is -2.08. The van der Waals surface area contributed by atoms with Gasteiger partial charge in [-0.2, -0.15) is 0 Å². The second-order valence-corrected chi connectivity index (χ2v) is 4.65. The highest BCUT2D eigenvalue weighted by Crippen LogP contribution is 2.18. The van der Waals surface area contributed by atoms with Crippen molar-refractivity contribution in [2.45, 2.75) is 6.42 Å². The van der Waals surface area contributed by atoms with Crippen LogP contribution in [0.5, 0.6) is 11.5 Å². The number of rotatable bonds is 7. The van der Waals surface area contributed by atoms with Gasteiger partial charge in [0, 0.05) is 17.6 Å². The molecule has 2 rings (SSSR count). The SMILES string of the molecule is COC(=O)c1[nH]ccc1OCCCOc1ccc(Cl)cc1. The first-order valence-corrected chi connectivity index (χ1v) is 6.85. The zero-order valence-electron chi connectivity index (χ0n) is 11.6. The van der Waals surface area contributed by atoms with Gasteiger partial charge in [-0.1, -0.05) is 11.6 Å². The Hall–Kier alpha value is -2.14. The Morgan fingerprint density at radius 2 is 1.86 bits per heavy atom. The second-order valence-electron chi connectivity index (χ2n) is 4.21. The van der Waals surface area contributed by atoms with Gasteiger partial charge in [-0.3, -0.25) is 0 Å². The first kappa shape index (κ1) is 15.3. The van der Waals surface area contributed by atoms with E-state index in [4.69, 9.17) is 21.1 Å². The van der Waals surface area contributed by atoms with Crippen LogP contribution in [0.1, 0.15) is 16.9 Å². The normalized spacial score (nSPS) is 10.2. The summed E-state index contributed by atoms with van der Waals surface area (Å²) in [6.07, 6.45) is 2.32. The number of halogens is 1. The van der Waals surface area contributed by atoms with Gasteiger partial charge < -0.3 is 19.2 Å². The van der Waals surface area contributed by atoms with E-state index < -0.39 is 5.97 Å². The van der Waals surface area contributed by atoms with Gasteiger partial charge in [0.2, 0.25) is 0 Å². The highest BCUT2D eigenvalue weighted by Gasteiger charge is 2.13. The van der Waals surface area contributed by atoms with Gasteiger partial charge in [-0.15, -0.1) is 0 Å². The van der Waals surface area contributed by atoms with Crippen LogP contribution in [-0.2, 0) is 4.74 Å². The van der Waals surface area contributed by atoms with Crippen molar-refractivity contribution in [1.82, 2.24) is 4.98 Å². The fourth-order valence-electron chi connectivity index (χ4n) is 1.70. The lowest BCUT2D eigenvalue weighted by atomic mass is 10.3. The van der Waals surface area contributed by atoms with Gasteiger partial charge >= 0.3 is 5.97 Å². The number of aromatic amines is 1. The van der Waals surface area contributed by atoms with Crippen molar-refractivity contribution in [3.05, 3.63) is 47.2 Å². The van der Waals surface area contributed by atoms with E-state index in [0.29, 0.717) is 36.1 Å². The number of H-pyrrole nitrogens is 1. The van der Waals surface area contributed by atoms with E-state index in [-0.39, 0.29) is 0 Å². The summed E-state index contributed by atoms with van der Waals surface area (Å²) < 4.78 is 15.7. The molecule has 112 valence electrons. The van der Waals surface area contributed by atoms with E-state index in [1.54, 1.807) is 24.4 Å². The zero-order chi connectivity index (χ0) is 15.1. The van der Waals surface area contributed by atoms with Crippen LogP contribution >= 0.6 is 11.6 Å². The predicted octanol–water partition coefficient (Wildman–Crippen LogP) is 3.30. The lowest BCUT2D eigenvalue weighted by Gasteiger charge is -2.08. The maximum atomic E-state index is 11.4. The van der Waals surface area contributed by atoms with Crippen LogP contribution in [0.3, 0.4) is 0 Å². The molecule has 2 aromatic rings. The Bertz CT molecular complexity index is 580. The minimum atomic E-state index is -0.451. The number of esters is 1. The summed E-state index contributed by atoms with van der Waals surface area (Å²) in [4.78, 5) is 14.2. The highest BCUT2D eigenvalue weighted by atomic mass is 35.5. The number of hydrogen-bond acceptors (Lipinski definition) is 4. The number of carbonyl (C=O) groups excluding carboxylic acids is 1. The second kappa shape index (κ2) is 7.59. The minimum Gasteiger partial charge on any atom is -0.493 e. The average Bonchev–Trinajstić information content (AvgIpc) is 2.96. The van der Waals surface area contributed by atoms with E-state index in [1.807, 2.05) is 12.1 Å². The van der Waals surface area contributed by atoms with Crippen LogP contribution in [-0.4, -0.2) is 31.3 Å². The van der Waals surface area contributed by atoms with Crippen LogP contribution in [0.15, 0.2) is 36.5 Å². The van der Waals surface area contributed by atoms with E-state index in [9.17, 15) is 4.79 Å². The molecule has 0 atom stereocenters. The molecule has 0 aliphatic heterocycles. The van der Waals surface area contributed by atoms with Crippen LogP contribution in [0, 0.1) is 0 Å². The van der Waals surface area contributed by atoms with Gasteiger partial charge in [-0.05, 0) is 30.3 Å². The van der Waals surface area contributed by atoms with E-state index >= 15 is 0 Å². The molecule has 0 unspecified atom stereocenters. The van der Waals surface area contributed by atoms with Gasteiger partial charge in [0.15, 0.2) is 11.4 Å². The largest absolute Gasteiger partial charge is 0.493 e. The quantitative estimate of drug-likeness (QED) is 0.629. The molecule has 5 nitrogen and oxygen atoms in total. The Labute approximate surface area is 127 Å². The summed E-state index contributed by atoms with van der Waals surface area (Å²) in [5, 5.41) is 0.675. The third-order valence-electron chi connectivity index (χ3n) is 2.73. The summed E-state index contributed by atoms with van der Waals surface area (Å²) in [6.45, 7) is 0.953. The summed E-state index contributed by atoms with van der Waals surface area (Å²) in [7, 11) is 1.33. The molecule has 6 heteroatoms. The molecule has 21 heavy (non-hydrogen) atoms. The standard InChI is InChI=1S/C15H16ClNO4/c1-19-15(18)14-13(7-8-17-14)21-10-2-9-20-12-5-3-11(16)4-6-12/h3-8,17H,2,9-10H2,1H3. The van der Waals surface area contributed by atoms with Gasteiger partial charge in [0.25, 0.3) is 0 Å². The molecule has 0 amide bonds. The molecular weight excluding hydrogens is 294 g/mol. The number of carbonyl (C=O) groups is 1. The maximum absolute atomic E-state index is 11.4. The topological polar surface area (TPSA) is 60.6 Å². The van der Waals surface area contributed by atoms with Crippen molar-refractivity contribution >= 4 is 17.6 Å². The van der Waals surface area contributed by atoms with Crippen LogP contribution in [0.25, 0.3) is 0 Å². The van der Waals surface area contributed by atoms with Crippen LogP contribution in [0.2, 0.25) is 5.02 Å². The fraction of sp³-hybridized carbons (Fsp3) is 0.267. The van der Waals surface area contributed by atoms with Crippen molar-refractivity contribution in [3.63, 3.8) is 0 Å². The van der Waals surface area contributed by atoms with Gasteiger partial charge in [-0.25, -0.2) is 4.79 Å². The fourth-order valence-corrected chi connectivity index (χ4v) is 1.82. The summed E-state index contributed by atoms with van der Waals surface area (Å²) in [6, 6.07) is 8.85. The van der Waals surface area contributed by atoms with Crippen molar-refractivity contribution in [1.29, 1.82) is 0 Å². The first-order chi connectivity index (χ1) is 10.2. The molecule has 1 heterocycles. The molecule has 0 saturated carbocycles. The number of ether oxygens (including phenoxy) is 3. The molecule has 1 aromatic heterocycles. The van der Waals surface area contributed by atoms with Crippen molar-refractivity contribution in [2.75, 3.05) is 20.3 Å². The summed E-state index contributed by atoms with van der Waals surface area (Å²) in [5.74, 6) is 0.789. The molecule has 0 fully saturated rings. The number of aromatic nitrogens is 1. The van der Waals surface area contributed by atoms with Crippen LogP contribution in [0.4, 0.5) is 0 Å². The number of nitrogens with one attached hydrogen (secondary N) is 1. The Morgan fingerprint density at radius 1 is 1.14 bits per heavy atom. The smallest absolute Gasteiger partial charge is 0.358 e. The zero-order valence-corrected chi connectivity index (χ0v) is 12.4. The third kappa shape index (κ3) is 4.43. The highest BCUT2D eigenvalue weighted by molar-refractivity contribution is 6.30. The van der Waals surface area contributed by atoms with Crippen molar-refractivity contribution < 1.29 is 19.0 Å². The van der Waals surface area contributed by atoms with E-state index in [1.165, 1.54) is 7.11 Å². The number of methoxy groups -OCH3 is 1. The third-order valence-corrected chi connectivity index (χ3v) is 2.98. The number of hydrogen-bond donors (Lipinski definition) is 1. The molecule has 0 saturated heterocycles. The monoisotopic (exact) mass is 309 g/mol. The lowest BCUT2D eigenvalue weighted by molar-refractivity contribution is 0.0590. The van der Waals surface area contributed by atoms with Gasteiger partial charge in [0.05, 0.1) is 20.3 Å². The predicted molar refractivity (Wildman–Crippen MR) is 79.2 cm³/mol. The molecule has 0 aliphatic carbocycles.